The monoisotopic (exact) mass is 326 g/mol. The van der Waals surface area contributed by atoms with Crippen molar-refractivity contribution in [2.45, 2.75) is 11.8 Å². The molecule has 7 heteroatoms. The molecule has 3 rings (SSSR count). The Morgan fingerprint density at radius 1 is 1.14 bits per heavy atom. The van der Waals surface area contributed by atoms with E-state index >= 15 is 0 Å². The van der Waals surface area contributed by atoms with E-state index in [2.05, 4.69) is 21.7 Å². The van der Waals surface area contributed by atoms with Crippen molar-refractivity contribution in [2.24, 2.45) is 4.99 Å². The van der Waals surface area contributed by atoms with Gasteiger partial charge < -0.3 is 9.80 Å². The first-order chi connectivity index (χ1) is 10.7. The molecule has 1 aromatic carbocycles. The normalized spacial score (nSPS) is 19.7. The minimum Gasteiger partial charge on any atom is -0.340 e. The van der Waals surface area contributed by atoms with Crippen LogP contribution < -0.4 is 0 Å². The number of likely N-dealkylation sites (N-methyl/N-ethyl adjacent to an activating group) is 1. The molecule has 0 atom stereocenters. The van der Waals surface area contributed by atoms with Gasteiger partial charge in [-0.1, -0.05) is 6.92 Å². The molecular formula is C15H20F2N4S. The molecule has 0 N–H and O–H groups in total. The molecule has 2 heterocycles. The number of halogens is 2. The number of nitrogens with zero attached hydrogens (tertiary/aromatic N) is 4. The maximum Gasteiger partial charge on any atom is 0.207 e. The van der Waals surface area contributed by atoms with E-state index in [0.29, 0.717) is 4.90 Å². The van der Waals surface area contributed by atoms with Crippen molar-refractivity contribution >= 4 is 17.9 Å². The summed E-state index contributed by atoms with van der Waals surface area (Å²) < 4.78 is 28.8. The standard InChI is InChI=1S/C15H20F2N4S/c1-2-19-7-9-20(10-8-19)15-18-5-6-21(15)22-14-4-3-12(16)11-13(14)17/h3-4,11H,2,5-10H2,1H3. The largest absolute Gasteiger partial charge is 0.340 e. The van der Waals surface area contributed by atoms with E-state index in [-0.39, 0.29) is 0 Å². The SMILES string of the molecule is CCN1CCN(C2=NCCN2Sc2ccc(F)cc2F)CC1. The van der Waals surface area contributed by atoms with Crippen molar-refractivity contribution in [3.63, 3.8) is 0 Å². The van der Waals surface area contributed by atoms with E-state index in [1.807, 2.05) is 4.31 Å². The minimum atomic E-state index is -0.548. The van der Waals surface area contributed by atoms with Gasteiger partial charge in [-0.2, -0.15) is 0 Å². The van der Waals surface area contributed by atoms with Crippen LogP contribution in [0.5, 0.6) is 0 Å². The van der Waals surface area contributed by atoms with Crippen LogP contribution in [-0.2, 0) is 0 Å². The van der Waals surface area contributed by atoms with Gasteiger partial charge in [0.25, 0.3) is 0 Å². The van der Waals surface area contributed by atoms with Crippen molar-refractivity contribution < 1.29 is 8.78 Å². The molecule has 4 nitrogen and oxygen atoms in total. The van der Waals surface area contributed by atoms with Crippen LogP contribution in [-0.4, -0.2) is 65.9 Å². The third-order valence-corrected chi connectivity index (χ3v) is 5.08. The number of guanidine groups is 1. The molecule has 0 aromatic heterocycles. The molecule has 0 aliphatic carbocycles. The van der Waals surface area contributed by atoms with E-state index in [1.165, 1.54) is 24.1 Å². The zero-order chi connectivity index (χ0) is 15.5. The Morgan fingerprint density at radius 3 is 2.59 bits per heavy atom. The summed E-state index contributed by atoms with van der Waals surface area (Å²) in [4.78, 5) is 9.66. The zero-order valence-corrected chi connectivity index (χ0v) is 13.5. The smallest absolute Gasteiger partial charge is 0.207 e. The van der Waals surface area contributed by atoms with Gasteiger partial charge in [0.05, 0.1) is 18.0 Å². The van der Waals surface area contributed by atoms with Crippen molar-refractivity contribution in [3.8, 4) is 0 Å². The maximum absolute atomic E-state index is 13.8. The lowest BCUT2D eigenvalue weighted by Gasteiger charge is -2.37. The molecule has 120 valence electrons. The third kappa shape index (κ3) is 3.35. The Morgan fingerprint density at radius 2 is 1.91 bits per heavy atom. The van der Waals surface area contributed by atoms with Crippen LogP contribution in [0.4, 0.5) is 8.78 Å². The summed E-state index contributed by atoms with van der Waals surface area (Å²) in [5.74, 6) is -0.149. The third-order valence-electron chi connectivity index (χ3n) is 3.98. The summed E-state index contributed by atoms with van der Waals surface area (Å²) in [5.41, 5.74) is 0. The Balaban J connectivity index is 1.66. The van der Waals surface area contributed by atoms with E-state index in [9.17, 15) is 8.78 Å². The molecule has 22 heavy (non-hydrogen) atoms. The highest BCUT2D eigenvalue weighted by atomic mass is 32.2. The summed E-state index contributed by atoms with van der Waals surface area (Å²) >= 11 is 1.30. The van der Waals surface area contributed by atoms with Gasteiger partial charge in [0.1, 0.15) is 11.6 Å². The van der Waals surface area contributed by atoms with E-state index in [1.54, 1.807) is 0 Å². The van der Waals surface area contributed by atoms with Crippen molar-refractivity contribution in [1.82, 2.24) is 14.1 Å². The van der Waals surface area contributed by atoms with Crippen LogP contribution in [0.3, 0.4) is 0 Å². The van der Waals surface area contributed by atoms with Gasteiger partial charge in [0.2, 0.25) is 5.96 Å². The number of aliphatic imine (C=N–C) groups is 1. The van der Waals surface area contributed by atoms with Gasteiger partial charge in [-0.15, -0.1) is 0 Å². The average molecular weight is 326 g/mol. The quantitative estimate of drug-likeness (QED) is 0.795. The lowest BCUT2D eigenvalue weighted by atomic mass is 10.3. The van der Waals surface area contributed by atoms with Crippen LogP contribution in [0.15, 0.2) is 28.1 Å². The predicted molar refractivity (Wildman–Crippen MR) is 84.9 cm³/mol. The fourth-order valence-corrected chi connectivity index (χ4v) is 3.64. The summed E-state index contributed by atoms with van der Waals surface area (Å²) in [6.45, 7) is 8.65. The average Bonchev–Trinajstić information content (AvgIpc) is 2.98. The summed E-state index contributed by atoms with van der Waals surface area (Å²) in [7, 11) is 0. The van der Waals surface area contributed by atoms with Gasteiger partial charge in [-0.3, -0.25) is 9.30 Å². The Kier molecular flexibility index (Phi) is 4.83. The van der Waals surface area contributed by atoms with E-state index in [4.69, 9.17) is 0 Å². The van der Waals surface area contributed by atoms with E-state index < -0.39 is 11.6 Å². The molecule has 0 saturated carbocycles. The molecule has 0 radical (unpaired) electrons. The van der Waals surface area contributed by atoms with Crippen molar-refractivity contribution in [2.75, 3.05) is 45.8 Å². The van der Waals surface area contributed by atoms with Gasteiger partial charge in [0, 0.05) is 32.2 Å². The number of benzene rings is 1. The molecule has 0 amide bonds. The van der Waals surface area contributed by atoms with Gasteiger partial charge in [-0.05, 0) is 30.6 Å². The topological polar surface area (TPSA) is 22.1 Å². The Bertz CT molecular complexity index is 558. The molecule has 0 bridgehead atoms. The van der Waals surface area contributed by atoms with Crippen molar-refractivity contribution in [3.05, 3.63) is 29.8 Å². The zero-order valence-electron chi connectivity index (χ0n) is 12.6. The predicted octanol–water partition coefficient (Wildman–Crippen LogP) is 2.28. The minimum absolute atomic E-state index is 0.434. The highest BCUT2D eigenvalue weighted by Gasteiger charge is 2.27. The Hall–Kier alpha value is -1.34. The highest BCUT2D eigenvalue weighted by molar-refractivity contribution is 7.97. The van der Waals surface area contributed by atoms with Crippen LogP contribution in [0.2, 0.25) is 0 Å². The van der Waals surface area contributed by atoms with Crippen LogP contribution in [0.1, 0.15) is 6.92 Å². The molecule has 0 unspecified atom stereocenters. The number of piperazine rings is 1. The lowest BCUT2D eigenvalue weighted by Crippen LogP contribution is -2.51. The first kappa shape index (κ1) is 15.6. The second kappa shape index (κ2) is 6.83. The summed E-state index contributed by atoms with van der Waals surface area (Å²) in [6.07, 6.45) is 0. The van der Waals surface area contributed by atoms with Gasteiger partial charge >= 0.3 is 0 Å². The highest BCUT2D eigenvalue weighted by Crippen LogP contribution is 2.29. The van der Waals surface area contributed by atoms with Crippen LogP contribution in [0.25, 0.3) is 0 Å². The fraction of sp³-hybridized carbons (Fsp3) is 0.533. The van der Waals surface area contributed by atoms with Crippen LogP contribution >= 0.6 is 11.9 Å². The number of hydrogen-bond acceptors (Lipinski definition) is 5. The second-order valence-corrected chi connectivity index (χ2v) is 6.43. The molecular weight excluding hydrogens is 306 g/mol. The molecule has 2 aliphatic rings. The molecule has 2 aliphatic heterocycles. The molecule has 1 saturated heterocycles. The Labute approximate surface area is 133 Å². The summed E-state index contributed by atoms with van der Waals surface area (Å²) in [5, 5.41) is 0. The van der Waals surface area contributed by atoms with E-state index in [0.717, 1.165) is 57.8 Å². The fourth-order valence-electron chi connectivity index (χ4n) is 2.70. The molecule has 0 spiro atoms. The first-order valence-electron chi connectivity index (χ1n) is 7.59. The van der Waals surface area contributed by atoms with Gasteiger partial charge in [0.15, 0.2) is 0 Å². The number of hydrogen-bond donors (Lipinski definition) is 0. The van der Waals surface area contributed by atoms with Crippen LogP contribution in [0, 0.1) is 11.6 Å². The molecule has 1 aromatic rings. The molecule has 1 fully saturated rings. The summed E-state index contributed by atoms with van der Waals surface area (Å²) in [6, 6.07) is 3.70. The van der Waals surface area contributed by atoms with Gasteiger partial charge in [-0.25, -0.2) is 8.78 Å². The first-order valence-corrected chi connectivity index (χ1v) is 8.37. The number of rotatable bonds is 3. The van der Waals surface area contributed by atoms with Crippen molar-refractivity contribution in [1.29, 1.82) is 0 Å². The maximum atomic E-state index is 13.8. The lowest BCUT2D eigenvalue weighted by molar-refractivity contribution is 0.184. The second-order valence-electron chi connectivity index (χ2n) is 5.37.